The van der Waals surface area contributed by atoms with Crippen molar-refractivity contribution in [1.82, 2.24) is 4.90 Å². The number of piperazine rings is 1. The molecule has 1 aliphatic rings. The lowest BCUT2D eigenvalue weighted by atomic mass is 10.1. The average Bonchev–Trinajstić information content (AvgIpc) is 2.64. The van der Waals surface area contributed by atoms with Crippen molar-refractivity contribution < 1.29 is 4.79 Å². The number of amides is 1. The molecule has 2 aromatic carbocycles. The van der Waals surface area contributed by atoms with E-state index in [-0.39, 0.29) is 5.91 Å². The molecule has 1 saturated heterocycles. The van der Waals surface area contributed by atoms with E-state index < -0.39 is 0 Å². The van der Waals surface area contributed by atoms with Gasteiger partial charge in [-0.05, 0) is 43.2 Å². The number of hydrogen-bond acceptors (Lipinski definition) is 3. The highest BCUT2D eigenvalue weighted by Gasteiger charge is 2.18. The van der Waals surface area contributed by atoms with Gasteiger partial charge in [-0.25, -0.2) is 0 Å². The molecule has 0 radical (unpaired) electrons. The van der Waals surface area contributed by atoms with Gasteiger partial charge in [0, 0.05) is 55.5 Å². The standard InChI is InChI=1S/C21H26ClN3O/c1-16-5-3-6-17(2)21(16)23-20(26)9-10-24-11-13-25(14-12-24)19-8-4-7-18(22)15-19/h3-8,15H,9-14H2,1-2H3,(H,23,26). The van der Waals surface area contributed by atoms with Crippen molar-refractivity contribution in [3.05, 3.63) is 58.6 Å². The molecule has 0 aliphatic carbocycles. The molecular formula is C21H26ClN3O. The minimum absolute atomic E-state index is 0.0830. The van der Waals surface area contributed by atoms with Crippen LogP contribution in [0.2, 0.25) is 5.02 Å². The molecular weight excluding hydrogens is 346 g/mol. The third-order valence-corrected chi connectivity index (χ3v) is 5.18. The number of nitrogens with one attached hydrogen (secondary N) is 1. The first kappa shape index (κ1) is 18.7. The summed E-state index contributed by atoms with van der Waals surface area (Å²) < 4.78 is 0. The Bertz CT molecular complexity index is 749. The third kappa shape index (κ3) is 4.77. The normalized spacial score (nSPS) is 15.1. The first-order valence-electron chi connectivity index (χ1n) is 9.12. The Hall–Kier alpha value is -2.04. The van der Waals surface area contributed by atoms with Gasteiger partial charge in [0.1, 0.15) is 0 Å². The van der Waals surface area contributed by atoms with Crippen molar-refractivity contribution >= 4 is 28.9 Å². The molecule has 1 heterocycles. The Morgan fingerprint density at radius 3 is 2.35 bits per heavy atom. The molecule has 0 atom stereocenters. The summed E-state index contributed by atoms with van der Waals surface area (Å²) in [6, 6.07) is 14.1. The number of anilines is 2. The maximum absolute atomic E-state index is 12.3. The Labute approximate surface area is 160 Å². The highest BCUT2D eigenvalue weighted by Crippen LogP contribution is 2.21. The van der Waals surface area contributed by atoms with E-state index in [1.165, 1.54) is 5.69 Å². The van der Waals surface area contributed by atoms with Gasteiger partial charge in [-0.3, -0.25) is 9.69 Å². The fourth-order valence-corrected chi connectivity index (χ4v) is 3.56. The minimum Gasteiger partial charge on any atom is -0.369 e. The second kappa shape index (κ2) is 8.56. The summed E-state index contributed by atoms with van der Waals surface area (Å²) in [4.78, 5) is 17.0. The molecule has 2 aromatic rings. The minimum atomic E-state index is 0.0830. The van der Waals surface area contributed by atoms with Crippen molar-refractivity contribution in [3.63, 3.8) is 0 Å². The van der Waals surface area contributed by atoms with Gasteiger partial charge in [-0.15, -0.1) is 0 Å². The predicted octanol–water partition coefficient (Wildman–Crippen LogP) is 4.11. The van der Waals surface area contributed by atoms with Crippen molar-refractivity contribution in [2.75, 3.05) is 42.9 Å². The number of rotatable bonds is 5. The molecule has 4 nitrogen and oxygen atoms in total. The largest absolute Gasteiger partial charge is 0.369 e. The third-order valence-electron chi connectivity index (χ3n) is 4.95. The van der Waals surface area contributed by atoms with Crippen LogP contribution in [-0.2, 0) is 4.79 Å². The molecule has 1 fully saturated rings. The van der Waals surface area contributed by atoms with E-state index >= 15 is 0 Å². The van der Waals surface area contributed by atoms with E-state index in [0.717, 1.165) is 54.6 Å². The van der Waals surface area contributed by atoms with Crippen LogP contribution in [0.15, 0.2) is 42.5 Å². The zero-order valence-corrected chi connectivity index (χ0v) is 16.2. The molecule has 0 bridgehead atoms. The molecule has 138 valence electrons. The molecule has 0 aromatic heterocycles. The quantitative estimate of drug-likeness (QED) is 0.859. The summed E-state index contributed by atoms with van der Waals surface area (Å²) in [7, 11) is 0. The Morgan fingerprint density at radius 2 is 1.69 bits per heavy atom. The van der Waals surface area contributed by atoms with Crippen molar-refractivity contribution in [2.24, 2.45) is 0 Å². The lowest BCUT2D eigenvalue weighted by Gasteiger charge is -2.36. The predicted molar refractivity (Wildman–Crippen MR) is 109 cm³/mol. The van der Waals surface area contributed by atoms with Crippen molar-refractivity contribution in [3.8, 4) is 0 Å². The van der Waals surface area contributed by atoms with Gasteiger partial charge in [0.25, 0.3) is 0 Å². The molecule has 1 aliphatic heterocycles. The van der Waals surface area contributed by atoms with Crippen molar-refractivity contribution in [2.45, 2.75) is 20.3 Å². The Morgan fingerprint density at radius 1 is 1.04 bits per heavy atom. The number of nitrogens with zero attached hydrogens (tertiary/aromatic N) is 2. The van der Waals surface area contributed by atoms with E-state index in [2.05, 4.69) is 21.2 Å². The Balaban J connectivity index is 1.46. The van der Waals surface area contributed by atoms with Crippen LogP contribution in [0.3, 0.4) is 0 Å². The van der Waals surface area contributed by atoms with Gasteiger partial charge >= 0.3 is 0 Å². The maximum Gasteiger partial charge on any atom is 0.225 e. The smallest absolute Gasteiger partial charge is 0.225 e. The van der Waals surface area contributed by atoms with Crippen LogP contribution >= 0.6 is 11.6 Å². The lowest BCUT2D eigenvalue weighted by Crippen LogP contribution is -2.47. The molecule has 0 unspecified atom stereocenters. The van der Waals surface area contributed by atoms with Crippen LogP contribution in [0.1, 0.15) is 17.5 Å². The van der Waals surface area contributed by atoms with Gasteiger partial charge in [-0.1, -0.05) is 35.9 Å². The number of para-hydroxylation sites is 1. The number of carbonyl (C=O) groups excluding carboxylic acids is 1. The summed E-state index contributed by atoms with van der Waals surface area (Å²) in [5.41, 5.74) is 4.33. The van der Waals surface area contributed by atoms with E-state index in [1.807, 2.05) is 50.2 Å². The topological polar surface area (TPSA) is 35.6 Å². The highest BCUT2D eigenvalue weighted by atomic mass is 35.5. The first-order chi connectivity index (χ1) is 12.5. The van der Waals surface area contributed by atoms with Crippen molar-refractivity contribution in [1.29, 1.82) is 0 Å². The molecule has 1 amide bonds. The van der Waals surface area contributed by atoms with Crippen LogP contribution in [0.4, 0.5) is 11.4 Å². The van der Waals surface area contributed by atoms with Crippen LogP contribution in [0, 0.1) is 13.8 Å². The molecule has 5 heteroatoms. The zero-order valence-electron chi connectivity index (χ0n) is 15.5. The second-order valence-electron chi connectivity index (χ2n) is 6.87. The molecule has 0 saturated carbocycles. The van der Waals surface area contributed by atoms with E-state index in [4.69, 9.17) is 11.6 Å². The number of carbonyl (C=O) groups is 1. The Kier molecular flexibility index (Phi) is 6.17. The summed E-state index contributed by atoms with van der Waals surface area (Å²) in [5.74, 6) is 0.0830. The monoisotopic (exact) mass is 371 g/mol. The van der Waals surface area contributed by atoms with E-state index in [1.54, 1.807) is 0 Å². The van der Waals surface area contributed by atoms with Gasteiger partial charge in [0.2, 0.25) is 5.91 Å². The average molecular weight is 372 g/mol. The summed E-state index contributed by atoms with van der Waals surface area (Å²) in [5, 5.41) is 3.84. The lowest BCUT2D eigenvalue weighted by molar-refractivity contribution is -0.116. The number of hydrogen-bond donors (Lipinski definition) is 1. The fourth-order valence-electron chi connectivity index (χ4n) is 3.38. The summed E-state index contributed by atoms with van der Waals surface area (Å²) >= 11 is 6.08. The van der Waals surface area contributed by atoms with Gasteiger partial charge in [0.15, 0.2) is 0 Å². The number of benzene rings is 2. The van der Waals surface area contributed by atoms with E-state index in [9.17, 15) is 4.79 Å². The molecule has 3 rings (SSSR count). The molecule has 1 N–H and O–H groups in total. The van der Waals surface area contributed by atoms with Crippen LogP contribution in [0.25, 0.3) is 0 Å². The fraction of sp³-hybridized carbons (Fsp3) is 0.381. The first-order valence-corrected chi connectivity index (χ1v) is 9.49. The van der Waals surface area contributed by atoms with Crippen LogP contribution in [-0.4, -0.2) is 43.5 Å². The number of halogens is 1. The summed E-state index contributed by atoms with van der Waals surface area (Å²) in [6.07, 6.45) is 0.519. The van der Waals surface area contributed by atoms with Gasteiger partial charge in [0.05, 0.1) is 0 Å². The SMILES string of the molecule is Cc1cccc(C)c1NC(=O)CCN1CCN(c2cccc(Cl)c2)CC1. The molecule has 0 spiro atoms. The maximum atomic E-state index is 12.3. The van der Waals surface area contributed by atoms with Crippen LogP contribution < -0.4 is 10.2 Å². The second-order valence-corrected chi connectivity index (χ2v) is 7.31. The number of aryl methyl sites for hydroxylation is 2. The summed E-state index contributed by atoms with van der Waals surface area (Å²) in [6.45, 7) is 8.68. The molecule has 26 heavy (non-hydrogen) atoms. The van der Waals surface area contributed by atoms with E-state index in [0.29, 0.717) is 6.42 Å². The van der Waals surface area contributed by atoms with Gasteiger partial charge < -0.3 is 10.2 Å². The van der Waals surface area contributed by atoms with Crippen LogP contribution in [0.5, 0.6) is 0 Å². The van der Waals surface area contributed by atoms with Gasteiger partial charge in [-0.2, -0.15) is 0 Å². The zero-order chi connectivity index (χ0) is 18.5. The highest BCUT2D eigenvalue weighted by molar-refractivity contribution is 6.30.